The van der Waals surface area contributed by atoms with Gasteiger partial charge in [0.05, 0.1) is 12.6 Å². The van der Waals surface area contributed by atoms with Crippen LogP contribution in [0.2, 0.25) is 0 Å². The van der Waals surface area contributed by atoms with Crippen molar-refractivity contribution >= 4 is 17.8 Å². The molecule has 5 N–H and O–H groups in total. The molecule has 1 unspecified atom stereocenters. The standard InChI is InChI=1S/C8H14N6O/c9-6-12-7(10)14-8(13-6)11-5-2-1-3-15-4-5/h5H,1-4H2,(H5,9,10,11,12,13,14). The van der Waals surface area contributed by atoms with Crippen LogP contribution in [0.3, 0.4) is 0 Å². The van der Waals surface area contributed by atoms with Crippen LogP contribution in [0.4, 0.5) is 17.8 Å². The Balaban J connectivity index is 2.02. The molecule has 0 spiro atoms. The fourth-order valence-corrected chi connectivity index (χ4v) is 1.51. The van der Waals surface area contributed by atoms with Gasteiger partial charge < -0.3 is 21.5 Å². The number of ether oxygens (including phenoxy) is 1. The Bertz CT molecular complexity index is 318. The van der Waals surface area contributed by atoms with Crippen molar-refractivity contribution in [2.45, 2.75) is 18.9 Å². The summed E-state index contributed by atoms with van der Waals surface area (Å²) in [4.78, 5) is 11.6. The topological polar surface area (TPSA) is 112 Å². The largest absolute Gasteiger partial charge is 0.379 e. The number of anilines is 3. The van der Waals surface area contributed by atoms with Gasteiger partial charge in [-0.2, -0.15) is 15.0 Å². The van der Waals surface area contributed by atoms with Crippen LogP contribution in [0.25, 0.3) is 0 Å². The van der Waals surface area contributed by atoms with E-state index in [4.69, 9.17) is 16.2 Å². The number of nitrogens with one attached hydrogen (secondary N) is 1. The Hall–Kier alpha value is -1.63. The van der Waals surface area contributed by atoms with Gasteiger partial charge in [-0.1, -0.05) is 0 Å². The average Bonchev–Trinajstić information content (AvgIpc) is 2.17. The molecule has 1 atom stereocenters. The SMILES string of the molecule is Nc1nc(N)nc(NC2CCCOC2)n1. The third-order valence-electron chi connectivity index (χ3n) is 2.16. The highest BCUT2D eigenvalue weighted by molar-refractivity contribution is 5.37. The summed E-state index contributed by atoms with van der Waals surface area (Å²) in [6.07, 6.45) is 2.07. The minimum absolute atomic E-state index is 0.127. The van der Waals surface area contributed by atoms with Crippen molar-refractivity contribution in [3.05, 3.63) is 0 Å². The van der Waals surface area contributed by atoms with Crippen molar-refractivity contribution in [2.75, 3.05) is 30.0 Å². The molecule has 1 aliphatic rings. The van der Waals surface area contributed by atoms with Gasteiger partial charge >= 0.3 is 0 Å². The number of nitrogens with two attached hydrogens (primary N) is 2. The monoisotopic (exact) mass is 210 g/mol. The van der Waals surface area contributed by atoms with Gasteiger partial charge in [-0.3, -0.25) is 0 Å². The van der Waals surface area contributed by atoms with E-state index in [0.717, 1.165) is 19.4 Å². The summed E-state index contributed by atoms with van der Waals surface area (Å²) in [6, 6.07) is 0.222. The first-order chi connectivity index (χ1) is 7.24. The van der Waals surface area contributed by atoms with Crippen molar-refractivity contribution in [1.29, 1.82) is 0 Å². The smallest absolute Gasteiger partial charge is 0.229 e. The molecular weight excluding hydrogens is 196 g/mol. The Labute approximate surface area is 87.3 Å². The number of nitrogens with zero attached hydrogens (tertiary/aromatic N) is 3. The zero-order valence-electron chi connectivity index (χ0n) is 8.31. The summed E-state index contributed by atoms with van der Waals surface area (Å²) in [5, 5.41) is 3.12. The maximum Gasteiger partial charge on any atom is 0.229 e. The number of rotatable bonds is 2. The van der Waals surface area contributed by atoms with Crippen molar-refractivity contribution in [2.24, 2.45) is 0 Å². The van der Waals surface area contributed by atoms with Crippen molar-refractivity contribution < 1.29 is 4.74 Å². The maximum absolute atomic E-state index is 5.45. The predicted octanol–water partition coefficient (Wildman–Crippen LogP) is -0.373. The zero-order valence-corrected chi connectivity index (χ0v) is 8.31. The summed E-state index contributed by atoms with van der Waals surface area (Å²) in [5.41, 5.74) is 10.9. The predicted molar refractivity (Wildman–Crippen MR) is 56.1 cm³/mol. The molecule has 0 aromatic carbocycles. The van der Waals surface area contributed by atoms with E-state index >= 15 is 0 Å². The molecule has 15 heavy (non-hydrogen) atoms. The van der Waals surface area contributed by atoms with E-state index in [-0.39, 0.29) is 17.9 Å². The quantitative estimate of drug-likeness (QED) is 0.610. The molecule has 0 aliphatic carbocycles. The fourth-order valence-electron chi connectivity index (χ4n) is 1.51. The molecule has 2 rings (SSSR count). The Morgan fingerprint density at radius 1 is 1.20 bits per heavy atom. The summed E-state index contributed by atoms with van der Waals surface area (Å²) in [5.74, 6) is 0.666. The van der Waals surface area contributed by atoms with Crippen LogP contribution in [0.1, 0.15) is 12.8 Å². The molecule has 0 radical (unpaired) electrons. The van der Waals surface area contributed by atoms with Crippen LogP contribution in [0.15, 0.2) is 0 Å². The lowest BCUT2D eigenvalue weighted by Gasteiger charge is -2.22. The molecule has 0 bridgehead atoms. The second-order valence-electron chi connectivity index (χ2n) is 3.43. The van der Waals surface area contributed by atoms with Crippen LogP contribution in [0, 0.1) is 0 Å². The van der Waals surface area contributed by atoms with Gasteiger partial charge in [0.1, 0.15) is 0 Å². The Morgan fingerprint density at radius 3 is 2.53 bits per heavy atom. The third-order valence-corrected chi connectivity index (χ3v) is 2.16. The van der Waals surface area contributed by atoms with Crippen molar-refractivity contribution in [3.63, 3.8) is 0 Å². The molecule has 82 valence electrons. The van der Waals surface area contributed by atoms with Crippen LogP contribution in [-0.4, -0.2) is 34.2 Å². The molecule has 1 saturated heterocycles. The lowest BCUT2D eigenvalue weighted by Crippen LogP contribution is -2.31. The maximum atomic E-state index is 5.45. The zero-order chi connectivity index (χ0) is 10.7. The van der Waals surface area contributed by atoms with Crippen LogP contribution in [0.5, 0.6) is 0 Å². The Morgan fingerprint density at radius 2 is 1.93 bits per heavy atom. The number of aromatic nitrogens is 3. The molecule has 1 aliphatic heterocycles. The van der Waals surface area contributed by atoms with Crippen LogP contribution in [-0.2, 0) is 4.74 Å². The minimum Gasteiger partial charge on any atom is -0.379 e. The fraction of sp³-hybridized carbons (Fsp3) is 0.625. The van der Waals surface area contributed by atoms with E-state index in [2.05, 4.69) is 20.3 Å². The first-order valence-electron chi connectivity index (χ1n) is 4.85. The highest BCUT2D eigenvalue weighted by Crippen LogP contribution is 2.11. The van der Waals surface area contributed by atoms with Gasteiger partial charge in [0.2, 0.25) is 17.8 Å². The molecule has 1 aromatic heterocycles. The summed E-state index contributed by atoms with van der Waals surface area (Å²) in [6.45, 7) is 1.48. The van der Waals surface area contributed by atoms with Gasteiger partial charge in [-0.25, -0.2) is 0 Å². The summed E-state index contributed by atoms with van der Waals surface area (Å²) < 4.78 is 5.32. The highest BCUT2D eigenvalue weighted by atomic mass is 16.5. The molecular formula is C8H14N6O. The summed E-state index contributed by atoms with van der Waals surface area (Å²) in [7, 11) is 0. The normalized spacial score (nSPS) is 21.2. The van der Waals surface area contributed by atoms with E-state index in [1.807, 2.05) is 0 Å². The first kappa shape index (κ1) is 9.91. The molecule has 0 amide bonds. The number of hydrogen-bond donors (Lipinski definition) is 3. The van der Waals surface area contributed by atoms with Gasteiger partial charge in [0.15, 0.2) is 0 Å². The van der Waals surface area contributed by atoms with Crippen molar-refractivity contribution in [3.8, 4) is 0 Å². The van der Waals surface area contributed by atoms with Crippen molar-refractivity contribution in [1.82, 2.24) is 15.0 Å². The number of hydrogen-bond acceptors (Lipinski definition) is 7. The average molecular weight is 210 g/mol. The van der Waals surface area contributed by atoms with Gasteiger partial charge in [-0.15, -0.1) is 0 Å². The van der Waals surface area contributed by atoms with E-state index in [0.29, 0.717) is 12.6 Å². The number of nitrogen functional groups attached to an aromatic ring is 2. The lowest BCUT2D eigenvalue weighted by molar-refractivity contribution is 0.0874. The van der Waals surface area contributed by atoms with E-state index in [1.165, 1.54) is 0 Å². The molecule has 7 nitrogen and oxygen atoms in total. The second-order valence-corrected chi connectivity index (χ2v) is 3.43. The van der Waals surface area contributed by atoms with Gasteiger partial charge in [0.25, 0.3) is 0 Å². The summed E-state index contributed by atoms with van der Waals surface area (Å²) >= 11 is 0. The first-order valence-corrected chi connectivity index (χ1v) is 4.85. The van der Waals surface area contributed by atoms with E-state index in [9.17, 15) is 0 Å². The minimum atomic E-state index is 0.127. The highest BCUT2D eigenvalue weighted by Gasteiger charge is 2.15. The Kier molecular flexibility index (Phi) is 2.82. The molecule has 2 heterocycles. The van der Waals surface area contributed by atoms with Gasteiger partial charge in [0, 0.05) is 6.61 Å². The second kappa shape index (κ2) is 4.26. The van der Waals surface area contributed by atoms with E-state index in [1.54, 1.807) is 0 Å². The third kappa shape index (κ3) is 2.66. The molecule has 7 heteroatoms. The van der Waals surface area contributed by atoms with Crippen LogP contribution >= 0.6 is 0 Å². The molecule has 1 aromatic rings. The molecule has 0 saturated carbocycles. The van der Waals surface area contributed by atoms with E-state index < -0.39 is 0 Å². The lowest BCUT2D eigenvalue weighted by atomic mass is 10.1. The molecule has 1 fully saturated rings. The van der Waals surface area contributed by atoms with Gasteiger partial charge in [-0.05, 0) is 12.8 Å². The van der Waals surface area contributed by atoms with Crippen LogP contribution < -0.4 is 16.8 Å².